The Morgan fingerprint density at radius 1 is 1.13 bits per heavy atom. The third-order valence-corrected chi connectivity index (χ3v) is 5.40. The SMILES string of the molecule is COC(=O)c1ccc(C(=O)N2CCC3(CC2)N=C(N)c2c(F)cccc2N3)cc1.Cl. The van der Waals surface area contributed by atoms with Crippen LogP contribution in [0.25, 0.3) is 0 Å². The minimum absolute atomic E-state index is 0. The number of hydrogen-bond donors (Lipinski definition) is 2. The van der Waals surface area contributed by atoms with Crippen LogP contribution in [0.3, 0.4) is 0 Å². The monoisotopic (exact) mass is 432 g/mol. The van der Waals surface area contributed by atoms with Crippen LogP contribution in [0.15, 0.2) is 47.5 Å². The van der Waals surface area contributed by atoms with Gasteiger partial charge in [0.2, 0.25) is 0 Å². The average Bonchev–Trinajstić information content (AvgIpc) is 2.73. The molecular weight excluding hydrogens is 411 g/mol. The van der Waals surface area contributed by atoms with Gasteiger partial charge in [-0.3, -0.25) is 4.79 Å². The summed E-state index contributed by atoms with van der Waals surface area (Å²) in [6, 6.07) is 11.1. The van der Waals surface area contributed by atoms with E-state index in [0.29, 0.717) is 48.3 Å². The minimum atomic E-state index is -0.642. The van der Waals surface area contributed by atoms with Crippen molar-refractivity contribution < 1.29 is 18.7 Å². The molecule has 3 N–H and O–H groups in total. The van der Waals surface area contributed by atoms with E-state index >= 15 is 0 Å². The Morgan fingerprint density at radius 3 is 2.40 bits per heavy atom. The van der Waals surface area contributed by atoms with Gasteiger partial charge in [-0.25, -0.2) is 14.2 Å². The molecule has 0 saturated carbocycles. The summed E-state index contributed by atoms with van der Waals surface area (Å²) in [5.41, 5.74) is 7.21. The van der Waals surface area contributed by atoms with Gasteiger partial charge in [-0.2, -0.15) is 0 Å². The highest BCUT2D eigenvalue weighted by Crippen LogP contribution is 2.35. The smallest absolute Gasteiger partial charge is 0.337 e. The predicted molar refractivity (Wildman–Crippen MR) is 114 cm³/mol. The second-order valence-corrected chi connectivity index (χ2v) is 7.18. The molecule has 2 aliphatic rings. The van der Waals surface area contributed by atoms with E-state index in [0.717, 1.165) is 0 Å². The molecule has 2 heterocycles. The second-order valence-electron chi connectivity index (χ2n) is 7.18. The molecule has 0 aromatic heterocycles. The first-order valence-electron chi connectivity index (χ1n) is 9.32. The fraction of sp³-hybridized carbons (Fsp3) is 0.286. The summed E-state index contributed by atoms with van der Waals surface area (Å²) in [7, 11) is 1.31. The molecule has 2 aromatic carbocycles. The molecule has 7 nitrogen and oxygen atoms in total. The molecule has 2 aliphatic heterocycles. The fourth-order valence-corrected chi connectivity index (χ4v) is 3.82. The Hall–Kier alpha value is -3.13. The number of ether oxygens (including phenoxy) is 1. The van der Waals surface area contributed by atoms with E-state index in [9.17, 15) is 14.0 Å². The number of rotatable bonds is 2. The molecule has 0 unspecified atom stereocenters. The molecule has 0 bridgehead atoms. The van der Waals surface area contributed by atoms with Gasteiger partial charge in [0.25, 0.3) is 5.91 Å². The molecule has 30 heavy (non-hydrogen) atoms. The molecule has 1 saturated heterocycles. The first-order chi connectivity index (χ1) is 13.9. The lowest BCUT2D eigenvalue weighted by Gasteiger charge is -2.42. The third kappa shape index (κ3) is 3.82. The Labute approximate surface area is 179 Å². The van der Waals surface area contributed by atoms with Crippen LogP contribution in [0, 0.1) is 5.82 Å². The maximum absolute atomic E-state index is 14.1. The molecule has 1 amide bonds. The highest BCUT2D eigenvalue weighted by molar-refractivity contribution is 6.04. The first kappa shape index (κ1) is 21.6. The Bertz CT molecular complexity index is 1000. The van der Waals surface area contributed by atoms with Gasteiger partial charge in [0.15, 0.2) is 0 Å². The van der Waals surface area contributed by atoms with Crippen molar-refractivity contribution in [1.29, 1.82) is 0 Å². The number of esters is 1. The highest BCUT2D eigenvalue weighted by atomic mass is 35.5. The number of methoxy groups -OCH3 is 1. The summed E-state index contributed by atoms with van der Waals surface area (Å²) in [6.45, 7) is 0.956. The number of halogens is 2. The molecule has 4 rings (SSSR count). The zero-order chi connectivity index (χ0) is 20.6. The molecule has 9 heteroatoms. The summed E-state index contributed by atoms with van der Waals surface area (Å²) < 4.78 is 18.7. The van der Waals surface area contributed by atoms with Crippen LogP contribution in [0.1, 0.15) is 39.1 Å². The van der Waals surface area contributed by atoms with Gasteiger partial charge >= 0.3 is 5.97 Å². The number of piperidine rings is 1. The lowest BCUT2D eigenvalue weighted by molar-refractivity contribution is 0.0598. The highest BCUT2D eigenvalue weighted by Gasteiger charge is 2.39. The first-order valence-corrected chi connectivity index (χ1v) is 9.32. The second kappa shape index (κ2) is 8.31. The summed E-state index contributed by atoms with van der Waals surface area (Å²) in [5.74, 6) is -0.793. The normalized spacial score (nSPS) is 16.6. The van der Waals surface area contributed by atoms with Gasteiger partial charge < -0.3 is 20.7 Å². The molecule has 158 valence electrons. The number of nitrogens with two attached hydrogens (primary N) is 1. The van der Waals surface area contributed by atoms with Crippen LogP contribution < -0.4 is 11.1 Å². The van der Waals surface area contributed by atoms with Crippen LogP contribution in [-0.2, 0) is 4.74 Å². The fourth-order valence-electron chi connectivity index (χ4n) is 3.82. The van der Waals surface area contributed by atoms with Crippen LogP contribution in [0.2, 0.25) is 0 Å². The van der Waals surface area contributed by atoms with Crippen molar-refractivity contribution in [2.24, 2.45) is 10.7 Å². The zero-order valence-electron chi connectivity index (χ0n) is 16.4. The maximum Gasteiger partial charge on any atom is 0.337 e. The summed E-state index contributed by atoms with van der Waals surface area (Å²) in [6.07, 6.45) is 1.10. The number of amidine groups is 1. The van der Waals surface area contributed by atoms with Gasteiger partial charge in [0, 0.05) is 37.2 Å². The number of fused-ring (bicyclic) bond motifs is 1. The number of amides is 1. The number of anilines is 1. The summed E-state index contributed by atoms with van der Waals surface area (Å²) >= 11 is 0. The van der Waals surface area contributed by atoms with Crippen molar-refractivity contribution in [3.05, 3.63) is 65.0 Å². The average molecular weight is 433 g/mol. The minimum Gasteiger partial charge on any atom is -0.465 e. The number of nitrogens with one attached hydrogen (secondary N) is 1. The van der Waals surface area contributed by atoms with E-state index in [4.69, 9.17) is 5.73 Å². The van der Waals surface area contributed by atoms with Gasteiger partial charge in [-0.05, 0) is 36.4 Å². The van der Waals surface area contributed by atoms with Crippen molar-refractivity contribution >= 4 is 35.8 Å². The lowest BCUT2D eigenvalue weighted by atomic mass is 9.93. The maximum atomic E-state index is 14.1. The van der Waals surface area contributed by atoms with E-state index in [1.165, 1.54) is 13.2 Å². The molecule has 0 atom stereocenters. The van der Waals surface area contributed by atoms with Crippen LogP contribution in [-0.4, -0.2) is 48.5 Å². The van der Waals surface area contributed by atoms with E-state index in [1.54, 1.807) is 41.3 Å². The largest absolute Gasteiger partial charge is 0.465 e. The predicted octanol–water partition coefficient (Wildman–Crippen LogP) is 2.80. The molecule has 0 radical (unpaired) electrons. The zero-order valence-corrected chi connectivity index (χ0v) is 17.2. The number of likely N-dealkylation sites (tertiary alicyclic amines) is 1. The van der Waals surface area contributed by atoms with Crippen molar-refractivity contribution in [1.82, 2.24) is 4.90 Å². The van der Waals surface area contributed by atoms with Gasteiger partial charge in [0.1, 0.15) is 17.3 Å². The van der Waals surface area contributed by atoms with Crippen LogP contribution in [0.5, 0.6) is 0 Å². The molecule has 0 aliphatic carbocycles. The number of aliphatic imine (C=N–C) groups is 1. The Morgan fingerprint density at radius 2 is 1.77 bits per heavy atom. The Balaban J connectivity index is 0.00000256. The van der Waals surface area contributed by atoms with Crippen molar-refractivity contribution in [2.45, 2.75) is 18.5 Å². The number of nitrogens with zero attached hydrogens (tertiary/aromatic N) is 2. The van der Waals surface area contributed by atoms with Crippen LogP contribution >= 0.6 is 12.4 Å². The summed E-state index contributed by atoms with van der Waals surface area (Å²) in [4.78, 5) is 30.6. The van der Waals surface area contributed by atoms with E-state index in [-0.39, 0.29) is 24.1 Å². The quantitative estimate of drug-likeness (QED) is 0.711. The number of benzene rings is 2. The van der Waals surface area contributed by atoms with Crippen LogP contribution in [0.4, 0.5) is 10.1 Å². The van der Waals surface area contributed by atoms with Gasteiger partial charge in [-0.15, -0.1) is 12.4 Å². The van der Waals surface area contributed by atoms with Crippen molar-refractivity contribution in [3.8, 4) is 0 Å². The van der Waals surface area contributed by atoms with E-state index < -0.39 is 17.4 Å². The van der Waals surface area contributed by atoms with Crippen molar-refractivity contribution in [3.63, 3.8) is 0 Å². The molecule has 1 fully saturated rings. The molecule has 2 aromatic rings. The van der Waals surface area contributed by atoms with E-state index in [1.807, 2.05) is 0 Å². The molecule has 1 spiro atoms. The van der Waals surface area contributed by atoms with Gasteiger partial charge in [-0.1, -0.05) is 6.07 Å². The number of carbonyl (C=O) groups is 2. The molecular formula is C21H22ClFN4O3. The standard InChI is InChI=1S/C21H21FN4O3.ClH/c1-29-20(28)14-7-5-13(6-8-14)19(27)26-11-9-21(10-12-26)24-16-4-2-3-15(22)17(16)18(23)25-21;/h2-8,24H,9-12H2,1H3,(H2,23,25);1H. The summed E-state index contributed by atoms with van der Waals surface area (Å²) in [5, 5.41) is 3.31. The number of carbonyl (C=O) groups excluding carboxylic acids is 2. The van der Waals surface area contributed by atoms with Crippen molar-refractivity contribution in [2.75, 3.05) is 25.5 Å². The number of hydrogen-bond acceptors (Lipinski definition) is 6. The van der Waals surface area contributed by atoms with Gasteiger partial charge in [0.05, 0.1) is 18.2 Å². The third-order valence-electron chi connectivity index (χ3n) is 5.40. The lowest BCUT2D eigenvalue weighted by Crippen LogP contribution is -2.52. The topological polar surface area (TPSA) is 97.0 Å². The Kier molecular flexibility index (Phi) is 5.98. The van der Waals surface area contributed by atoms with E-state index in [2.05, 4.69) is 15.0 Å².